The van der Waals surface area contributed by atoms with Gasteiger partial charge in [-0.05, 0) is 36.6 Å². The van der Waals surface area contributed by atoms with E-state index in [0.717, 1.165) is 30.2 Å². The summed E-state index contributed by atoms with van der Waals surface area (Å²) in [6.07, 6.45) is 1.36. The molecule has 1 amide bonds. The summed E-state index contributed by atoms with van der Waals surface area (Å²) < 4.78 is 0. The van der Waals surface area contributed by atoms with Gasteiger partial charge in [-0.1, -0.05) is 18.2 Å². The Kier molecular flexibility index (Phi) is 3.81. The standard InChI is InChI=1S/C16H18N4O/c1-17-15-8-7-13(18-19-15)9-12-10-16(21)20(11-12)14-5-3-2-4-6-14/h2-8,12H,9-11H2,1H3,(H,17,19). The molecule has 1 fully saturated rings. The number of nitrogens with zero attached hydrogens (tertiary/aromatic N) is 3. The van der Waals surface area contributed by atoms with Crippen LogP contribution in [0.5, 0.6) is 0 Å². The molecule has 5 heteroatoms. The molecule has 1 aromatic carbocycles. The van der Waals surface area contributed by atoms with E-state index < -0.39 is 0 Å². The third-order valence-corrected chi connectivity index (χ3v) is 3.75. The number of rotatable bonds is 4. The van der Waals surface area contributed by atoms with Crippen LogP contribution in [0.2, 0.25) is 0 Å². The lowest BCUT2D eigenvalue weighted by atomic mass is 10.0. The molecule has 1 atom stereocenters. The van der Waals surface area contributed by atoms with E-state index in [1.54, 1.807) is 0 Å². The minimum atomic E-state index is 0.186. The average molecular weight is 282 g/mol. The molecule has 1 saturated heterocycles. The highest BCUT2D eigenvalue weighted by molar-refractivity contribution is 5.95. The van der Waals surface area contributed by atoms with Crippen LogP contribution in [0.3, 0.4) is 0 Å². The first-order valence-corrected chi connectivity index (χ1v) is 7.12. The molecule has 0 spiro atoms. The second-order valence-electron chi connectivity index (χ2n) is 5.27. The number of benzene rings is 1. The first-order valence-electron chi connectivity index (χ1n) is 7.12. The van der Waals surface area contributed by atoms with Crippen molar-refractivity contribution in [2.45, 2.75) is 12.8 Å². The van der Waals surface area contributed by atoms with Crippen LogP contribution in [0.1, 0.15) is 12.1 Å². The monoisotopic (exact) mass is 282 g/mol. The van der Waals surface area contributed by atoms with Crippen LogP contribution < -0.4 is 10.2 Å². The minimum absolute atomic E-state index is 0.186. The van der Waals surface area contributed by atoms with E-state index in [-0.39, 0.29) is 5.91 Å². The average Bonchev–Trinajstić information content (AvgIpc) is 2.89. The summed E-state index contributed by atoms with van der Waals surface area (Å²) >= 11 is 0. The molecule has 3 rings (SSSR count). The first kappa shape index (κ1) is 13.5. The van der Waals surface area contributed by atoms with Gasteiger partial charge in [0.05, 0.1) is 5.69 Å². The highest BCUT2D eigenvalue weighted by Crippen LogP contribution is 2.26. The Morgan fingerprint density at radius 1 is 1.19 bits per heavy atom. The third kappa shape index (κ3) is 3.02. The van der Waals surface area contributed by atoms with Gasteiger partial charge in [0.15, 0.2) is 0 Å². The molecule has 1 aliphatic heterocycles. The fraction of sp³-hybridized carbons (Fsp3) is 0.312. The number of hydrogen-bond donors (Lipinski definition) is 1. The van der Waals surface area contributed by atoms with E-state index in [2.05, 4.69) is 15.5 Å². The van der Waals surface area contributed by atoms with Crippen LogP contribution in [0.25, 0.3) is 0 Å². The van der Waals surface area contributed by atoms with Crippen LogP contribution in [0.4, 0.5) is 11.5 Å². The van der Waals surface area contributed by atoms with Crippen molar-refractivity contribution >= 4 is 17.4 Å². The van der Waals surface area contributed by atoms with Gasteiger partial charge in [-0.25, -0.2) is 0 Å². The number of carbonyl (C=O) groups is 1. The number of amides is 1. The highest BCUT2D eigenvalue weighted by Gasteiger charge is 2.30. The highest BCUT2D eigenvalue weighted by atomic mass is 16.2. The smallest absolute Gasteiger partial charge is 0.227 e. The van der Waals surface area contributed by atoms with Gasteiger partial charge >= 0.3 is 0 Å². The van der Waals surface area contributed by atoms with Crippen molar-refractivity contribution in [3.05, 3.63) is 48.2 Å². The van der Waals surface area contributed by atoms with Gasteiger partial charge in [0.25, 0.3) is 0 Å². The van der Waals surface area contributed by atoms with Crippen molar-refractivity contribution < 1.29 is 4.79 Å². The second-order valence-corrected chi connectivity index (χ2v) is 5.27. The van der Waals surface area contributed by atoms with Crippen LogP contribution in [-0.4, -0.2) is 29.7 Å². The Bertz CT molecular complexity index is 612. The molecule has 1 aliphatic rings. The molecule has 1 N–H and O–H groups in total. The zero-order valence-electron chi connectivity index (χ0n) is 12.0. The van der Waals surface area contributed by atoms with E-state index in [4.69, 9.17) is 0 Å². The molecule has 0 bridgehead atoms. The second kappa shape index (κ2) is 5.91. The van der Waals surface area contributed by atoms with Gasteiger partial charge in [-0.2, -0.15) is 5.10 Å². The van der Waals surface area contributed by atoms with Gasteiger partial charge in [0.1, 0.15) is 5.82 Å². The molecule has 0 aliphatic carbocycles. The number of carbonyl (C=O) groups excluding carboxylic acids is 1. The Labute approximate surface area is 124 Å². The van der Waals surface area contributed by atoms with Crippen molar-refractivity contribution in [1.29, 1.82) is 0 Å². The normalized spacial score (nSPS) is 18.0. The Balaban J connectivity index is 1.67. The number of nitrogens with one attached hydrogen (secondary N) is 1. The summed E-state index contributed by atoms with van der Waals surface area (Å²) in [4.78, 5) is 14.0. The minimum Gasteiger partial charge on any atom is -0.372 e. The topological polar surface area (TPSA) is 58.1 Å². The van der Waals surface area contributed by atoms with Crippen LogP contribution in [0, 0.1) is 5.92 Å². The molecule has 2 aromatic rings. The fourth-order valence-electron chi connectivity index (χ4n) is 2.67. The summed E-state index contributed by atoms with van der Waals surface area (Å²) in [5.74, 6) is 1.24. The van der Waals surface area contributed by atoms with Crippen LogP contribution in [0.15, 0.2) is 42.5 Å². The fourth-order valence-corrected chi connectivity index (χ4v) is 2.67. The van der Waals surface area contributed by atoms with E-state index in [9.17, 15) is 4.79 Å². The van der Waals surface area contributed by atoms with Crippen molar-refractivity contribution in [2.75, 3.05) is 23.8 Å². The van der Waals surface area contributed by atoms with Gasteiger partial charge in [-0.3, -0.25) is 4.79 Å². The summed E-state index contributed by atoms with van der Waals surface area (Å²) in [6, 6.07) is 13.7. The first-order chi connectivity index (χ1) is 10.3. The van der Waals surface area contributed by atoms with E-state index in [1.807, 2.05) is 54.4 Å². The van der Waals surface area contributed by atoms with Crippen LogP contribution >= 0.6 is 0 Å². The Morgan fingerprint density at radius 3 is 2.67 bits per heavy atom. The molecule has 1 unspecified atom stereocenters. The van der Waals surface area contributed by atoms with Gasteiger partial charge in [-0.15, -0.1) is 5.10 Å². The maximum absolute atomic E-state index is 12.2. The molecular formula is C16H18N4O. The zero-order valence-corrected chi connectivity index (χ0v) is 12.0. The Hall–Kier alpha value is -2.43. The number of para-hydroxylation sites is 1. The van der Waals surface area contributed by atoms with Crippen molar-refractivity contribution in [2.24, 2.45) is 5.92 Å². The summed E-state index contributed by atoms with van der Waals surface area (Å²) in [5.41, 5.74) is 1.91. The lowest BCUT2D eigenvalue weighted by molar-refractivity contribution is -0.117. The maximum atomic E-state index is 12.2. The SMILES string of the molecule is CNc1ccc(CC2CC(=O)N(c3ccccc3)C2)nn1. The predicted molar refractivity (Wildman–Crippen MR) is 82.2 cm³/mol. The maximum Gasteiger partial charge on any atom is 0.227 e. The van der Waals surface area contributed by atoms with Crippen molar-refractivity contribution in [1.82, 2.24) is 10.2 Å². The molecule has 1 aromatic heterocycles. The largest absolute Gasteiger partial charge is 0.372 e. The quantitative estimate of drug-likeness (QED) is 0.933. The summed E-state index contributed by atoms with van der Waals surface area (Å²) in [7, 11) is 1.82. The van der Waals surface area contributed by atoms with Crippen molar-refractivity contribution in [3.8, 4) is 0 Å². The molecule has 0 radical (unpaired) electrons. The molecule has 0 saturated carbocycles. The van der Waals surface area contributed by atoms with Crippen LogP contribution in [-0.2, 0) is 11.2 Å². The zero-order chi connectivity index (χ0) is 14.7. The summed E-state index contributed by atoms with van der Waals surface area (Å²) in [5, 5.41) is 11.2. The van der Waals surface area contributed by atoms with Gasteiger partial charge < -0.3 is 10.2 Å². The van der Waals surface area contributed by atoms with Gasteiger partial charge in [0, 0.05) is 25.7 Å². The molecule has 108 valence electrons. The predicted octanol–water partition coefficient (Wildman–Crippen LogP) is 2.11. The molecule has 2 heterocycles. The Morgan fingerprint density at radius 2 is 2.00 bits per heavy atom. The van der Waals surface area contributed by atoms with E-state index in [0.29, 0.717) is 12.3 Å². The lowest BCUT2D eigenvalue weighted by Gasteiger charge is -2.16. The lowest BCUT2D eigenvalue weighted by Crippen LogP contribution is -2.24. The number of anilines is 2. The van der Waals surface area contributed by atoms with Gasteiger partial charge in [0.2, 0.25) is 5.91 Å². The number of hydrogen-bond acceptors (Lipinski definition) is 4. The van der Waals surface area contributed by atoms with Crippen molar-refractivity contribution in [3.63, 3.8) is 0 Å². The third-order valence-electron chi connectivity index (χ3n) is 3.75. The molecule has 21 heavy (non-hydrogen) atoms. The summed E-state index contributed by atoms with van der Waals surface area (Å²) in [6.45, 7) is 0.748. The number of aromatic nitrogens is 2. The molecule has 5 nitrogen and oxygen atoms in total. The van der Waals surface area contributed by atoms with E-state index >= 15 is 0 Å². The van der Waals surface area contributed by atoms with E-state index in [1.165, 1.54) is 0 Å². The molecular weight excluding hydrogens is 264 g/mol.